The van der Waals surface area contributed by atoms with Crippen LogP contribution >= 0.6 is 0 Å². The van der Waals surface area contributed by atoms with Gasteiger partial charge in [-0.3, -0.25) is 19.8 Å². The molecule has 4 amide bonds. The lowest BCUT2D eigenvalue weighted by Gasteiger charge is -2.35. The predicted octanol–water partition coefficient (Wildman–Crippen LogP) is -1.38. The van der Waals surface area contributed by atoms with Crippen LogP contribution in [0, 0.1) is 5.92 Å². The summed E-state index contributed by atoms with van der Waals surface area (Å²) in [6.45, 7) is 3.86. The van der Waals surface area contributed by atoms with Crippen LogP contribution in [0.25, 0.3) is 0 Å². The van der Waals surface area contributed by atoms with Gasteiger partial charge in [0.15, 0.2) is 0 Å². The van der Waals surface area contributed by atoms with Gasteiger partial charge < -0.3 is 16.4 Å². The van der Waals surface area contributed by atoms with Crippen LogP contribution in [0.1, 0.15) is 19.8 Å². The first-order valence-electron chi connectivity index (χ1n) is 7.24. The number of hydrogen-bond acceptors (Lipinski definition) is 5. The van der Waals surface area contributed by atoms with E-state index in [0.717, 1.165) is 19.4 Å². The molecule has 21 heavy (non-hydrogen) atoms. The number of likely N-dealkylation sites (tertiary alicyclic amines) is 1. The van der Waals surface area contributed by atoms with Crippen molar-refractivity contribution in [3.63, 3.8) is 0 Å². The largest absolute Gasteiger partial charge is 0.355 e. The highest BCUT2D eigenvalue weighted by atomic mass is 16.2. The van der Waals surface area contributed by atoms with Crippen LogP contribution < -0.4 is 21.7 Å². The van der Waals surface area contributed by atoms with Gasteiger partial charge in [0.1, 0.15) is 0 Å². The van der Waals surface area contributed by atoms with Crippen molar-refractivity contribution in [2.45, 2.75) is 25.8 Å². The van der Waals surface area contributed by atoms with E-state index in [1.807, 2.05) is 4.90 Å². The Hall–Kier alpha value is -1.67. The molecule has 1 fully saturated rings. The Kier molecular flexibility index (Phi) is 7.10. The predicted molar refractivity (Wildman–Crippen MR) is 78.4 cm³/mol. The third-order valence-electron chi connectivity index (χ3n) is 3.66. The molecular weight excluding hydrogens is 274 g/mol. The van der Waals surface area contributed by atoms with Crippen molar-refractivity contribution in [3.05, 3.63) is 0 Å². The maximum absolute atomic E-state index is 12.0. The van der Waals surface area contributed by atoms with Crippen molar-refractivity contribution in [2.75, 3.05) is 33.2 Å². The van der Waals surface area contributed by atoms with Gasteiger partial charge in [0, 0.05) is 26.7 Å². The van der Waals surface area contributed by atoms with Gasteiger partial charge in [-0.05, 0) is 26.3 Å². The highest BCUT2D eigenvalue weighted by molar-refractivity contribution is 5.96. The van der Waals surface area contributed by atoms with Crippen molar-refractivity contribution in [3.8, 4) is 0 Å². The molecule has 0 aromatic carbocycles. The van der Waals surface area contributed by atoms with E-state index >= 15 is 0 Å². The molecule has 1 aliphatic heterocycles. The number of piperidine rings is 1. The Morgan fingerprint density at radius 3 is 2.71 bits per heavy atom. The van der Waals surface area contributed by atoms with E-state index < -0.39 is 12.1 Å². The quantitative estimate of drug-likeness (QED) is 0.499. The summed E-state index contributed by atoms with van der Waals surface area (Å²) in [6, 6.07) is -0.978. The van der Waals surface area contributed by atoms with Crippen molar-refractivity contribution in [1.29, 1.82) is 0 Å². The zero-order chi connectivity index (χ0) is 15.8. The van der Waals surface area contributed by atoms with Crippen molar-refractivity contribution in [2.24, 2.45) is 11.7 Å². The Morgan fingerprint density at radius 1 is 1.38 bits per heavy atom. The van der Waals surface area contributed by atoms with Gasteiger partial charge in [-0.1, -0.05) is 0 Å². The lowest BCUT2D eigenvalue weighted by molar-refractivity contribution is -0.130. The smallest absolute Gasteiger partial charge is 0.321 e. The summed E-state index contributed by atoms with van der Waals surface area (Å²) in [6.07, 6.45) is 1.65. The first kappa shape index (κ1) is 17.4. The van der Waals surface area contributed by atoms with Crippen molar-refractivity contribution >= 4 is 17.8 Å². The summed E-state index contributed by atoms with van der Waals surface area (Å²) >= 11 is 0. The van der Waals surface area contributed by atoms with Gasteiger partial charge in [-0.25, -0.2) is 4.79 Å². The fraction of sp³-hybridized carbons (Fsp3) is 0.769. The van der Waals surface area contributed by atoms with Gasteiger partial charge in [0.25, 0.3) is 0 Å². The zero-order valence-electron chi connectivity index (χ0n) is 12.6. The summed E-state index contributed by atoms with van der Waals surface area (Å²) in [7, 11) is 1.45. The molecule has 2 atom stereocenters. The molecule has 1 heterocycles. The van der Waals surface area contributed by atoms with E-state index in [1.54, 1.807) is 6.92 Å². The molecule has 1 saturated heterocycles. The average Bonchev–Trinajstić information content (AvgIpc) is 2.51. The maximum Gasteiger partial charge on any atom is 0.321 e. The third-order valence-corrected chi connectivity index (χ3v) is 3.66. The molecule has 0 aromatic heterocycles. The van der Waals surface area contributed by atoms with Crippen LogP contribution in [0.5, 0.6) is 0 Å². The molecule has 0 bridgehead atoms. The number of nitrogens with one attached hydrogen (secondary N) is 3. The fourth-order valence-corrected chi connectivity index (χ4v) is 2.36. The van der Waals surface area contributed by atoms with Crippen LogP contribution in [-0.2, 0) is 9.59 Å². The molecule has 0 saturated carbocycles. The Bertz CT molecular complexity index is 388. The molecule has 8 nitrogen and oxygen atoms in total. The number of hydrogen-bond donors (Lipinski definition) is 4. The first-order chi connectivity index (χ1) is 9.99. The maximum atomic E-state index is 12.0. The number of carbonyl (C=O) groups is 3. The number of nitrogens with two attached hydrogens (primary N) is 1. The number of amides is 4. The third kappa shape index (κ3) is 5.31. The van der Waals surface area contributed by atoms with Gasteiger partial charge in [0.2, 0.25) is 11.8 Å². The molecule has 0 aromatic rings. The number of urea groups is 1. The standard InChI is InChI=1S/C13H25N5O3/c1-9(11(19)17-13(21)15-2)18-7-3-4-10(8-18)12(20)16-6-5-14/h9-10H,3-8,14H2,1-2H3,(H,16,20)(H2,15,17,19,21). The second kappa shape index (κ2) is 8.58. The van der Waals surface area contributed by atoms with Crippen LogP contribution in [0.3, 0.4) is 0 Å². The van der Waals surface area contributed by atoms with Gasteiger partial charge in [-0.2, -0.15) is 0 Å². The number of carbonyl (C=O) groups excluding carboxylic acids is 3. The second-order valence-electron chi connectivity index (χ2n) is 5.16. The average molecular weight is 299 g/mol. The molecule has 0 aliphatic carbocycles. The van der Waals surface area contributed by atoms with Crippen molar-refractivity contribution < 1.29 is 14.4 Å². The minimum atomic E-state index is -0.527. The summed E-state index contributed by atoms with van der Waals surface area (Å²) in [5.74, 6) is -0.526. The van der Waals surface area contributed by atoms with E-state index in [0.29, 0.717) is 19.6 Å². The molecule has 1 rings (SSSR count). The fourth-order valence-electron chi connectivity index (χ4n) is 2.36. The number of nitrogens with zero attached hydrogens (tertiary/aromatic N) is 1. The van der Waals surface area contributed by atoms with Gasteiger partial charge >= 0.3 is 6.03 Å². The van der Waals surface area contributed by atoms with E-state index in [1.165, 1.54) is 7.05 Å². The summed E-state index contributed by atoms with van der Waals surface area (Å²) in [5.41, 5.74) is 5.37. The van der Waals surface area contributed by atoms with Crippen LogP contribution in [0.4, 0.5) is 4.79 Å². The van der Waals surface area contributed by atoms with E-state index in [2.05, 4.69) is 16.0 Å². The highest BCUT2D eigenvalue weighted by Gasteiger charge is 2.31. The van der Waals surface area contributed by atoms with Crippen LogP contribution in [0.2, 0.25) is 0 Å². The first-order valence-corrected chi connectivity index (χ1v) is 7.24. The van der Waals surface area contributed by atoms with Gasteiger partial charge in [-0.15, -0.1) is 0 Å². The lowest BCUT2D eigenvalue weighted by Crippen LogP contribution is -2.53. The van der Waals surface area contributed by atoms with E-state index in [-0.39, 0.29) is 17.7 Å². The molecule has 0 spiro atoms. The number of imide groups is 1. The zero-order valence-corrected chi connectivity index (χ0v) is 12.6. The van der Waals surface area contributed by atoms with E-state index in [4.69, 9.17) is 5.73 Å². The number of rotatable bonds is 5. The minimum Gasteiger partial charge on any atom is -0.355 e. The summed E-state index contributed by atoms with van der Waals surface area (Å²) < 4.78 is 0. The van der Waals surface area contributed by atoms with Crippen LogP contribution in [0.15, 0.2) is 0 Å². The summed E-state index contributed by atoms with van der Waals surface area (Å²) in [5, 5.41) is 7.37. The van der Waals surface area contributed by atoms with E-state index in [9.17, 15) is 14.4 Å². The monoisotopic (exact) mass is 299 g/mol. The Labute approximate surface area is 124 Å². The van der Waals surface area contributed by atoms with Crippen molar-refractivity contribution in [1.82, 2.24) is 20.9 Å². The molecule has 0 radical (unpaired) electrons. The molecule has 8 heteroatoms. The SMILES string of the molecule is CNC(=O)NC(=O)C(C)N1CCCC(C(=O)NCCN)C1. The highest BCUT2D eigenvalue weighted by Crippen LogP contribution is 2.18. The molecule has 120 valence electrons. The molecular formula is C13H25N5O3. The van der Waals surface area contributed by atoms with Gasteiger partial charge in [0.05, 0.1) is 12.0 Å². The molecule has 2 unspecified atom stereocenters. The molecule has 1 aliphatic rings. The summed E-state index contributed by atoms with van der Waals surface area (Å²) in [4.78, 5) is 37.0. The minimum absolute atomic E-state index is 0.0240. The normalized spacial score (nSPS) is 20.4. The lowest BCUT2D eigenvalue weighted by atomic mass is 9.96. The second-order valence-corrected chi connectivity index (χ2v) is 5.16. The Balaban J connectivity index is 2.52. The van der Waals surface area contributed by atoms with Crippen LogP contribution in [-0.4, -0.2) is 62.0 Å². The Morgan fingerprint density at radius 2 is 2.10 bits per heavy atom. The molecule has 5 N–H and O–H groups in total. The topological polar surface area (TPSA) is 117 Å².